The second kappa shape index (κ2) is 9.55. The maximum atomic E-state index is 11.6. The van der Waals surface area contributed by atoms with E-state index in [1.54, 1.807) is 19.1 Å². The molecule has 0 saturated carbocycles. The van der Waals surface area contributed by atoms with Crippen LogP contribution in [-0.4, -0.2) is 23.5 Å². The number of nitro groups is 1. The van der Waals surface area contributed by atoms with Crippen molar-refractivity contribution in [1.29, 1.82) is 0 Å². The number of nitro benzene ring substituents is 1. The Bertz CT molecular complexity index is 570. The summed E-state index contributed by atoms with van der Waals surface area (Å²) in [5.74, 6) is -0.970. The van der Waals surface area contributed by atoms with Gasteiger partial charge in [0.25, 0.3) is 5.69 Å². The summed E-state index contributed by atoms with van der Waals surface area (Å²) in [5.41, 5.74) is 1.05. The second-order valence-electron chi connectivity index (χ2n) is 5.11. The summed E-state index contributed by atoms with van der Waals surface area (Å²) >= 11 is 0. The SMILES string of the molecule is CCCCOC(=O)CCC(=O)OCc1ccc(C)c([N+](=O)[O-])c1. The van der Waals surface area contributed by atoms with Crippen LogP contribution in [0.2, 0.25) is 0 Å². The lowest BCUT2D eigenvalue weighted by Gasteiger charge is -2.06. The summed E-state index contributed by atoms with van der Waals surface area (Å²) in [6.45, 7) is 3.92. The minimum Gasteiger partial charge on any atom is -0.466 e. The van der Waals surface area contributed by atoms with Gasteiger partial charge in [-0.15, -0.1) is 0 Å². The highest BCUT2D eigenvalue weighted by Crippen LogP contribution is 2.19. The van der Waals surface area contributed by atoms with Crippen LogP contribution in [0.5, 0.6) is 0 Å². The molecule has 0 fully saturated rings. The Kier molecular flexibility index (Phi) is 7.73. The normalized spacial score (nSPS) is 10.2. The molecule has 0 bridgehead atoms. The molecule has 1 aromatic rings. The maximum absolute atomic E-state index is 11.6. The average molecular weight is 323 g/mol. The van der Waals surface area contributed by atoms with Crippen LogP contribution < -0.4 is 0 Å². The first-order chi connectivity index (χ1) is 10.9. The van der Waals surface area contributed by atoms with E-state index in [0.29, 0.717) is 17.7 Å². The van der Waals surface area contributed by atoms with Crippen LogP contribution in [0, 0.1) is 17.0 Å². The molecule has 0 N–H and O–H groups in total. The van der Waals surface area contributed by atoms with Crippen LogP contribution in [-0.2, 0) is 25.7 Å². The first kappa shape index (κ1) is 18.6. The molecule has 1 rings (SSSR count). The largest absolute Gasteiger partial charge is 0.466 e. The fraction of sp³-hybridized carbons (Fsp3) is 0.500. The lowest BCUT2D eigenvalue weighted by molar-refractivity contribution is -0.385. The smallest absolute Gasteiger partial charge is 0.306 e. The van der Waals surface area contributed by atoms with Crippen molar-refractivity contribution in [2.45, 2.75) is 46.1 Å². The van der Waals surface area contributed by atoms with Gasteiger partial charge in [-0.2, -0.15) is 0 Å². The topological polar surface area (TPSA) is 95.7 Å². The molecule has 7 nitrogen and oxygen atoms in total. The molecule has 0 aliphatic carbocycles. The molecule has 1 aromatic carbocycles. The van der Waals surface area contributed by atoms with Crippen molar-refractivity contribution in [3.05, 3.63) is 39.4 Å². The molecule has 0 radical (unpaired) electrons. The van der Waals surface area contributed by atoms with Gasteiger partial charge in [-0.3, -0.25) is 19.7 Å². The Morgan fingerprint density at radius 2 is 1.83 bits per heavy atom. The van der Waals surface area contributed by atoms with Crippen molar-refractivity contribution in [3.63, 3.8) is 0 Å². The third-order valence-corrected chi connectivity index (χ3v) is 3.16. The lowest BCUT2D eigenvalue weighted by Crippen LogP contribution is -2.11. The summed E-state index contributed by atoms with van der Waals surface area (Å²) in [7, 11) is 0. The molecule has 0 spiro atoms. The van der Waals surface area contributed by atoms with Gasteiger partial charge in [-0.25, -0.2) is 0 Å². The summed E-state index contributed by atoms with van der Waals surface area (Å²) in [5, 5.41) is 10.8. The van der Waals surface area contributed by atoms with Gasteiger partial charge >= 0.3 is 11.9 Å². The fourth-order valence-electron chi connectivity index (χ4n) is 1.78. The summed E-state index contributed by atoms with van der Waals surface area (Å²) < 4.78 is 9.94. The van der Waals surface area contributed by atoms with Crippen LogP contribution >= 0.6 is 0 Å². The molecule has 0 heterocycles. The Labute approximate surface area is 134 Å². The monoisotopic (exact) mass is 323 g/mol. The van der Waals surface area contributed by atoms with Gasteiger partial charge < -0.3 is 9.47 Å². The number of hydrogen-bond donors (Lipinski definition) is 0. The summed E-state index contributed by atoms with van der Waals surface area (Å²) in [4.78, 5) is 33.3. The molecule has 0 amide bonds. The summed E-state index contributed by atoms with van der Waals surface area (Å²) in [6.07, 6.45) is 1.62. The molecule has 0 saturated heterocycles. The van der Waals surface area contributed by atoms with E-state index < -0.39 is 16.9 Å². The third kappa shape index (κ3) is 6.90. The Balaban J connectivity index is 2.37. The molecular formula is C16H21NO6. The fourth-order valence-corrected chi connectivity index (χ4v) is 1.78. The molecule has 0 atom stereocenters. The number of nitrogens with zero attached hydrogens (tertiary/aromatic N) is 1. The second-order valence-corrected chi connectivity index (χ2v) is 5.11. The van der Waals surface area contributed by atoms with E-state index in [0.717, 1.165) is 12.8 Å². The zero-order valence-corrected chi connectivity index (χ0v) is 13.4. The molecule has 7 heteroatoms. The Morgan fingerprint density at radius 1 is 1.17 bits per heavy atom. The van der Waals surface area contributed by atoms with E-state index in [4.69, 9.17) is 9.47 Å². The van der Waals surface area contributed by atoms with Crippen LogP contribution in [0.25, 0.3) is 0 Å². The van der Waals surface area contributed by atoms with E-state index in [-0.39, 0.29) is 25.1 Å². The van der Waals surface area contributed by atoms with Gasteiger partial charge in [0.15, 0.2) is 0 Å². The van der Waals surface area contributed by atoms with Crippen LogP contribution in [0.4, 0.5) is 5.69 Å². The number of hydrogen-bond acceptors (Lipinski definition) is 6. The van der Waals surface area contributed by atoms with Crippen molar-refractivity contribution < 1.29 is 24.0 Å². The summed E-state index contributed by atoms with van der Waals surface area (Å²) in [6, 6.07) is 4.64. The van der Waals surface area contributed by atoms with Gasteiger partial charge in [0.2, 0.25) is 0 Å². The van der Waals surface area contributed by atoms with Crippen molar-refractivity contribution in [2.24, 2.45) is 0 Å². The Hall–Kier alpha value is -2.44. The predicted molar refractivity (Wildman–Crippen MR) is 82.7 cm³/mol. The molecule has 23 heavy (non-hydrogen) atoms. The maximum Gasteiger partial charge on any atom is 0.306 e. The predicted octanol–water partition coefficient (Wildman–Crippen LogP) is 3.07. The number of ether oxygens (including phenoxy) is 2. The van der Waals surface area contributed by atoms with Gasteiger partial charge in [0, 0.05) is 11.6 Å². The Morgan fingerprint density at radius 3 is 2.43 bits per heavy atom. The number of carbonyl (C=O) groups is 2. The van der Waals surface area contributed by atoms with E-state index in [1.807, 2.05) is 6.92 Å². The van der Waals surface area contributed by atoms with E-state index in [2.05, 4.69) is 0 Å². The van der Waals surface area contributed by atoms with E-state index in [1.165, 1.54) is 6.07 Å². The molecular weight excluding hydrogens is 302 g/mol. The van der Waals surface area contributed by atoms with Crippen molar-refractivity contribution >= 4 is 17.6 Å². The zero-order chi connectivity index (χ0) is 17.2. The minimum absolute atomic E-state index is 0.0157. The van der Waals surface area contributed by atoms with Crippen molar-refractivity contribution in [1.82, 2.24) is 0 Å². The zero-order valence-electron chi connectivity index (χ0n) is 13.4. The van der Waals surface area contributed by atoms with Gasteiger partial charge in [0.1, 0.15) is 6.61 Å². The molecule has 0 aromatic heterocycles. The highest BCUT2D eigenvalue weighted by Gasteiger charge is 2.13. The number of rotatable bonds is 9. The third-order valence-electron chi connectivity index (χ3n) is 3.16. The molecule has 0 aliphatic rings. The van der Waals surface area contributed by atoms with Crippen molar-refractivity contribution in [2.75, 3.05) is 6.61 Å². The van der Waals surface area contributed by atoms with Gasteiger partial charge in [0.05, 0.1) is 24.4 Å². The number of esters is 2. The van der Waals surface area contributed by atoms with Gasteiger partial charge in [-0.1, -0.05) is 25.5 Å². The first-order valence-corrected chi connectivity index (χ1v) is 7.49. The lowest BCUT2D eigenvalue weighted by atomic mass is 10.1. The number of aryl methyl sites for hydroxylation is 1. The molecule has 0 aliphatic heterocycles. The van der Waals surface area contributed by atoms with Crippen molar-refractivity contribution in [3.8, 4) is 0 Å². The van der Waals surface area contributed by atoms with Gasteiger partial charge in [-0.05, 0) is 18.9 Å². The average Bonchev–Trinajstić information content (AvgIpc) is 2.52. The van der Waals surface area contributed by atoms with Crippen LogP contribution in [0.3, 0.4) is 0 Å². The number of benzene rings is 1. The number of unbranched alkanes of at least 4 members (excludes halogenated alkanes) is 1. The quantitative estimate of drug-likeness (QED) is 0.300. The van der Waals surface area contributed by atoms with Crippen LogP contribution in [0.1, 0.15) is 43.7 Å². The standard InChI is InChI=1S/C16H21NO6/c1-3-4-9-22-15(18)7-8-16(19)23-11-13-6-5-12(2)14(10-13)17(20)21/h5-6,10H,3-4,7-9,11H2,1-2H3. The van der Waals surface area contributed by atoms with E-state index in [9.17, 15) is 19.7 Å². The number of carbonyl (C=O) groups excluding carboxylic acids is 2. The highest BCUT2D eigenvalue weighted by molar-refractivity contribution is 5.77. The molecule has 126 valence electrons. The van der Waals surface area contributed by atoms with E-state index >= 15 is 0 Å². The van der Waals surface area contributed by atoms with Crippen LogP contribution in [0.15, 0.2) is 18.2 Å². The molecule has 0 unspecified atom stereocenters. The first-order valence-electron chi connectivity index (χ1n) is 7.49. The highest BCUT2D eigenvalue weighted by atomic mass is 16.6. The minimum atomic E-state index is -0.541.